The first kappa shape index (κ1) is 15.3. The standard InChI is InChI=1S/C14H8Cl2FNO3/c15-9-3-1-7(5-10(9)16)13(19)18-12-4-2-8(14(20)21)6-11(12)17/h1-6H,(H,18,19)(H,20,21). The van der Waals surface area contributed by atoms with Crippen LogP contribution in [0.2, 0.25) is 10.0 Å². The van der Waals surface area contributed by atoms with Crippen LogP contribution in [0.4, 0.5) is 10.1 Å². The normalized spacial score (nSPS) is 10.2. The molecule has 0 unspecified atom stereocenters. The molecule has 0 heterocycles. The number of benzene rings is 2. The van der Waals surface area contributed by atoms with Gasteiger partial charge in [-0.05, 0) is 36.4 Å². The summed E-state index contributed by atoms with van der Waals surface area (Å²) in [5.74, 6) is -2.69. The van der Waals surface area contributed by atoms with Crippen LogP contribution in [0.15, 0.2) is 36.4 Å². The van der Waals surface area contributed by atoms with Crippen LogP contribution in [-0.4, -0.2) is 17.0 Å². The smallest absolute Gasteiger partial charge is 0.335 e. The van der Waals surface area contributed by atoms with Gasteiger partial charge in [-0.3, -0.25) is 4.79 Å². The van der Waals surface area contributed by atoms with E-state index in [1.165, 1.54) is 30.3 Å². The molecule has 0 spiro atoms. The average molecular weight is 328 g/mol. The van der Waals surface area contributed by atoms with E-state index in [0.717, 1.165) is 6.07 Å². The van der Waals surface area contributed by atoms with E-state index >= 15 is 0 Å². The largest absolute Gasteiger partial charge is 0.478 e. The number of carboxylic acids is 1. The van der Waals surface area contributed by atoms with E-state index in [1.54, 1.807) is 0 Å². The second-order valence-corrected chi connectivity index (χ2v) is 4.90. The molecule has 0 radical (unpaired) electrons. The number of aromatic carboxylic acids is 1. The second kappa shape index (κ2) is 6.11. The van der Waals surface area contributed by atoms with Crippen molar-refractivity contribution in [3.8, 4) is 0 Å². The van der Waals surface area contributed by atoms with Gasteiger partial charge in [-0.25, -0.2) is 9.18 Å². The second-order valence-electron chi connectivity index (χ2n) is 4.08. The van der Waals surface area contributed by atoms with Gasteiger partial charge in [0.05, 0.1) is 21.3 Å². The minimum atomic E-state index is -1.25. The minimum Gasteiger partial charge on any atom is -0.478 e. The highest BCUT2D eigenvalue weighted by molar-refractivity contribution is 6.42. The highest BCUT2D eigenvalue weighted by Gasteiger charge is 2.13. The molecule has 108 valence electrons. The Balaban J connectivity index is 2.23. The van der Waals surface area contributed by atoms with Gasteiger partial charge in [0.15, 0.2) is 0 Å². The molecule has 21 heavy (non-hydrogen) atoms. The third-order valence-corrected chi connectivity index (χ3v) is 3.39. The number of amides is 1. The first-order valence-electron chi connectivity index (χ1n) is 5.67. The monoisotopic (exact) mass is 327 g/mol. The van der Waals surface area contributed by atoms with Crippen molar-refractivity contribution in [2.75, 3.05) is 5.32 Å². The van der Waals surface area contributed by atoms with Crippen LogP contribution < -0.4 is 5.32 Å². The maximum atomic E-state index is 13.7. The van der Waals surface area contributed by atoms with E-state index in [1.807, 2.05) is 0 Å². The number of carbonyl (C=O) groups is 2. The quantitative estimate of drug-likeness (QED) is 0.892. The zero-order chi connectivity index (χ0) is 15.6. The molecule has 7 heteroatoms. The summed E-state index contributed by atoms with van der Waals surface area (Å²) in [5, 5.41) is 11.6. The van der Waals surface area contributed by atoms with Gasteiger partial charge in [-0.15, -0.1) is 0 Å². The fourth-order valence-electron chi connectivity index (χ4n) is 1.58. The van der Waals surface area contributed by atoms with Crippen LogP contribution in [0.25, 0.3) is 0 Å². The molecule has 0 atom stereocenters. The van der Waals surface area contributed by atoms with Crippen molar-refractivity contribution < 1.29 is 19.1 Å². The van der Waals surface area contributed by atoms with Crippen molar-refractivity contribution in [2.24, 2.45) is 0 Å². The number of halogens is 3. The van der Waals surface area contributed by atoms with E-state index < -0.39 is 17.7 Å². The van der Waals surface area contributed by atoms with Gasteiger partial charge < -0.3 is 10.4 Å². The molecule has 0 saturated carbocycles. The summed E-state index contributed by atoms with van der Waals surface area (Å²) in [4.78, 5) is 22.6. The van der Waals surface area contributed by atoms with Gasteiger partial charge in [0.2, 0.25) is 0 Å². The lowest BCUT2D eigenvalue weighted by molar-refractivity contribution is 0.0696. The molecule has 2 rings (SSSR count). The highest BCUT2D eigenvalue weighted by atomic mass is 35.5. The first-order valence-corrected chi connectivity index (χ1v) is 6.43. The van der Waals surface area contributed by atoms with Crippen molar-refractivity contribution in [2.45, 2.75) is 0 Å². The average Bonchev–Trinajstić information content (AvgIpc) is 2.43. The van der Waals surface area contributed by atoms with Gasteiger partial charge in [0.1, 0.15) is 5.82 Å². The number of rotatable bonds is 3. The van der Waals surface area contributed by atoms with Gasteiger partial charge in [-0.2, -0.15) is 0 Å². The molecule has 2 aromatic carbocycles. The Hall–Kier alpha value is -2.11. The molecule has 0 aliphatic carbocycles. The summed E-state index contributed by atoms with van der Waals surface area (Å²) in [5.41, 5.74) is -0.137. The van der Waals surface area contributed by atoms with Crippen molar-refractivity contribution in [1.29, 1.82) is 0 Å². The van der Waals surface area contributed by atoms with Gasteiger partial charge in [-0.1, -0.05) is 23.2 Å². The van der Waals surface area contributed by atoms with Crippen LogP contribution in [0.5, 0.6) is 0 Å². The Morgan fingerprint density at radius 3 is 2.24 bits per heavy atom. The Kier molecular flexibility index (Phi) is 4.45. The third kappa shape index (κ3) is 3.51. The number of carbonyl (C=O) groups excluding carboxylic acids is 1. The zero-order valence-corrected chi connectivity index (χ0v) is 11.9. The highest BCUT2D eigenvalue weighted by Crippen LogP contribution is 2.23. The van der Waals surface area contributed by atoms with Crippen LogP contribution in [0.1, 0.15) is 20.7 Å². The van der Waals surface area contributed by atoms with Crippen molar-refractivity contribution >= 4 is 40.8 Å². The molecule has 1 amide bonds. The van der Waals surface area contributed by atoms with E-state index in [9.17, 15) is 14.0 Å². The SMILES string of the molecule is O=C(O)c1ccc(NC(=O)c2ccc(Cl)c(Cl)c2)c(F)c1. The van der Waals surface area contributed by atoms with E-state index in [0.29, 0.717) is 5.02 Å². The Morgan fingerprint density at radius 2 is 1.67 bits per heavy atom. The fourth-order valence-corrected chi connectivity index (χ4v) is 1.88. The van der Waals surface area contributed by atoms with Crippen LogP contribution >= 0.6 is 23.2 Å². The predicted molar refractivity (Wildman–Crippen MR) is 77.8 cm³/mol. The Bertz CT molecular complexity index is 734. The molecule has 2 aromatic rings. The van der Waals surface area contributed by atoms with E-state index in [-0.39, 0.29) is 21.8 Å². The van der Waals surface area contributed by atoms with Crippen molar-refractivity contribution in [3.63, 3.8) is 0 Å². The van der Waals surface area contributed by atoms with E-state index in [4.69, 9.17) is 28.3 Å². The summed E-state index contributed by atoms with van der Waals surface area (Å²) in [7, 11) is 0. The van der Waals surface area contributed by atoms with E-state index in [2.05, 4.69) is 5.32 Å². The lowest BCUT2D eigenvalue weighted by Gasteiger charge is -2.08. The molecule has 4 nitrogen and oxygen atoms in total. The van der Waals surface area contributed by atoms with Gasteiger partial charge in [0, 0.05) is 5.56 Å². The maximum absolute atomic E-state index is 13.7. The van der Waals surface area contributed by atoms with Crippen LogP contribution in [0, 0.1) is 5.82 Å². The lowest BCUT2D eigenvalue weighted by Crippen LogP contribution is -2.13. The molecule has 0 fully saturated rings. The predicted octanol–water partition coefficient (Wildman–Crippen LogP) is 4.08. The summed E-state index contributed by atoms with van der Waals surface area (Å²) in [6.07, 6.45) is 0. The maximum Gasteiger partial charge on any atom is 0.335 e. The molecule has 0 aliphatic rings. The molecular formula is C14H8Cl2FNO3. The first-order chi connectivity index (χ1) is 9.88. The minimum absolute atomic E-state index is 0.129. The fraction of sp³-hybridized carbons (Fsp3) is 0. The molecule has 0 aliphatic heterocycles. The zero-order valence-electron chi connectivity index (χ0n) is 10.4. The summed E-state index contributed by atoms with van der Waals surface area (Å²) >= 11 is 11.5. The van der Waals surface area contributed by atoms with Crippen LogP contribution in [-0.2, 0) is 0 Å². The lowest BCUT2D eigenvalue weighted by atomic mass is 10.1. The van der Waals surface area contributed by atoms with Gasteiger partial charge >= 0.3 is 5.97 Å². The number of hydrogen-bond donors (Lipinski definition) is 2. The molecule has 2 N–H and O–H groups in total. The number of hydrogen-bond acceptors (Lipinski definition) is 2. The van der Waals surface area contributed by atoms with Crippen molar-refractivity contribution in [3.05, 3.63) is 63.4 Å². The van der Waals surface area contributed by atoms with Crippen LogP contribution in [0.3, 0.4) is 0 Å². The third-order valence-electron chi connectivity index (χ3n) is 2.65. The number of carboxylic acid groups (broad SMARTS) is 1. The Labute approximate surface area is 129 Å². The molecule has 0 saturated heterocycles. The number of nitrogens with one attached hydrogen (secondary N) is 1. The Morgan fingerprint density at radius 1 is 1.00 bits per heavy atom. The molecule has 0 aromatic heterocycles. The summed E-state index contributed by atoms with van der Waals surface area (Å²) in [6.45, 7) is 0. The molecular weight excluding hydrogens is 320 g/mol. The topological polar surface area (TPSA) is 66.4 Å². The van der Waals surface area contributed by atoms with Crippen molar-refractivity contribution in [1.82, 2.24) is 0 Å². The number of anilines is 1. The summed E-state index contributed by atoms with van der Waals surface area (Å²) in [6, 6.07) is 7.43. The summed E-state index contributed by atoms with van der Waals surface area (Å²) < 4.78 is 13.7. The van der Waals surface area contributed by atoms with Gasteiger partial charge in [0.25, 0.3) is 5.91 Å². The molecule has 0 bridgehead atoms.